The molecular weight excluding hydrogens is 308 g/mol. The van der Waals surface area contributed by atoms with Crippen LogP contribution in [-0.4, -0.2) is 33.2 Å². The molecule has 1 N–H and O–H groups in total. The zero-order chi connectivity index (χ0) is 17.9. The Morgan fingerprint density at radius 3 is 1.92 bits per heavy atom. The number of benzene rings is 2. The molecule has 0 aromatic heterocycles. The van der Waals surface area contributed by atoms with E-state index in [1.807, 2.05) is 0 Å². The molecule has 3 nitrogen and oxygen atoms in total. The second kappa shape index (κ2) is 7.19. The van der Waals surface area contributed by atoms with Gasteiger partial charge in [0.15, 0.2) is 0 Å². The highest BCUT2D eigenvalue weighted by Crippen LogP contribution is 2.48. The fourth-order valence-corrected chi connectivity index (χ4v) is 4.43. The van der Waals surface area contributed by atoms with Crippen LogP contribution in [0.5, 0.6) is 5.75 Å². The normalized spacial score (nSPS) is 26.6. The maximum absolute atomic E-state index is 5.33. The topological polar surface area (TPSA) is 24.5 Å². The van der Waals surface area contributed by atoms with Crippen LogP contribution in [0.1, 0.15) is 36.8 Å². The summed E-state index contributed by atoms with van der Waals surface area (Å²) in [5, 5.41) is 3.64. The second-order valence-corrected chi connectivity index (χ2v) is 7.35. The van der Waals surface area contributed by atoms with Gasteiger partial charge in [0.1, 0.15) is 5.75 Å². The molecule has 0 bridgehead atoms. The Balaban J connectivity index is 1.89. The number of hydrogen-bond donors (Lipinski definition) is 1. The van der Waals surface area contributed by atoms with E-state index in [-0.39, 0.29) is 11.1 Å². The molecule has 0 unspecified atom stereocenters. The average Bonchev–Trinajstić information content (AvgIpc) is 2.68. The molecule has 134 valence electrons. The summed E-state index contributed by atoms with van der Waals surface area (Å²) in [7, 11) is 8.24. The minimum absolute atomic E-state index is 0.0766. The van der Waals surface area contributed by atoms with Gasteiger partial charge >= 0.3 is 0 Å². The largest absolute Gasteiger partial charge is 0.497 e. The number of ether oxygens (including phenoxy) is 1. The molecule has 25 heavy (non-hydrogen) atoms. The van der Waals surface area contributed by atoms with E-state index in [2.05, 4.69) is 86.0 Å². The average molecular weight is 338 g/mol. The van der Waals surface area contributed by atoms with Crippen LogP contribution in [0.2, 0.25) is 0 Å². The third kappa shape index (κ3) is 3.19. The number of hydrogen-bond acceptors (Lipinski definition) is 3. The van der Waals surface area contributed by atoms with Gasteiger partial charge in [0.25, 0.3) is 0 Å². The third-order valence-corrected chi connectivity index (χ3v) is 6.22. The van der Waals surface area contributed by atoms with E-state index < -0.39 is 0 Å². The number of methoxy groups -OCH3 is 1. The highest BCUT2D eigenvalue weighted by Gasteiger charge is 2.45. The monoisotopic (exact) mass is 338 g/mol. The highest BCUT2D eigenvalue weighted by atomic mass is 16.5. The van der Waals surface area contributed by atoms with Crippen molar-refractivity contribution in [1.82, 2.24) is 10.2 Å². The van der Waals surface area contributed by atoms with Crippen LogP contribution >= 0.6 is 0 Å². The fourth-order valence-electron chi connectivity index (χ4n) is 4.43. The van der Waals surface area contributed by atoms with Gasteiger partial charge < -0.3 is 10.1 Å². The minimum atomic E-state index is 0.0766. The van der Waals surface area contributed by atoms with Gasteiger partial charge in [-0.3, -0.25) is 4.90 Å². The lowest BCUT2D eigenvalue weighted by molar-refractivity contribution is 0.0559. The van der Waals surface area contributed by atoms with Crippen molar-refractivity contribution in [2.45, 2.75) is 36.8 Å². The maximum atomic E-state index is 5.33. The number of nitrogens with one attached hydrogen (secondary N) is 1. The summed E-state index contributed by atoms with van der Waals surface area (Å²) in [6, 6.07) is 19.5. The van der Waals surface area contributed by atoms with E-state index in [0.717, 1.165) is 31.4 Å². The van der Waals surface area contributed by atoms with Crippen molar-refractivity contribution < 1.29 is 4.74 Å². The maximum Gasteiger partial charge on any atom is 0.118 e. The molecule has 0 saturated heterocycles. The molecule has 3 heteroatoms. The van der Waals surface area contributed by atoms with E-state index in [9.17, 15) is 0 Å². The molecule has 1 aliphatic rings. The standard InChI is InChI=1S/C22H30N2O/c1-23-21(18-8-6-5-7-9-18)14-16-22(17-15-21,24(2)3)19-10-12-20(25-4)13-11-19/h5-13,23H,14-17H2,1-4H3. The number of nitrogens with zero attached hydrogens (tertiary/aromatic N) is 1. The fraction of sp³-hybridized carbons (Fsp3) is 0.455. The van der Waals surface area contributed by atoms with Crippen LogP contribution in [0, 0.1) is 0 Å². The third-order valence-electron chi connectivity index (χ3n) is 6.22. The molecule has 0 aliphatic heterocycles. The van der Waals surface area contributed by atoms with Crippen LogP contribution in [-0.2, 0) is 11.1 Å². The Morgan fingerprint density at radius 1 is 0.840 bits per heavy atom. The Morgan fingerprint density at radius 2 is 1.44 bits per heavy atom. The van der Waals surface area contributed by atoms with Crippen LogP contribution in [0.15, 0.2) is 54.6 Å². The molecule has 0 atom stereocenters. The van der Waals surface area contributed by atoms with Gasteiger partial charge in [-0.1, -0.05) is 42.5 Å². The first-order valence-electron chi connectivity index (χ1n) is 9.13. The first-order chi connectivity index (χ1) is 12.1. The zero-order valence-electron chi connectivity index (χ0n) is 15.9. The molecule has 1 aliphatic carbocycles. The van der Waals surface area contributed by atoms with E-state index in [1.54, 1.807) is 7.11 Å². The van der Waals surface area contributed by atoms with E-state index in [0.29, 0.717) is 0 Å². The van der Waals surface area contributed by atoms with Crippen molar-refractivity contribution in [3.05, 3.63) is 65.7 Å². The van der Waals surface area contributed by atoms with Crippen LogP contribution in [0.4, 0.5) is 0 Å². The lowest BCUT2D eigenvalue weighted by atomic mass is 9.66. The molecule has 3 rings (SSSR count). The Hall–Kier alpha value is -1.84. The zero-order valence-corrected chi connectivity index (χ0v) is 15.9. The summed E-state index contributed by atoms with van der Waals surface area (Å²) >= 11 is 0. The van der Waals surface area contributed by atoms with Crippen molar-refractivity contribution >= 4 is 0 Å². The predicted molar refractivity (Wildman–Crippen MR) is 104 cm³/mol. The molecule has 2 aromatic rings. The molecule has 0 radical (unpaired) electrons. The van der Waals surface area contributed by atoms with Gasteiger partial charge in [-0.2, -0.15) is 0 Å². The second-order valence-electron chi connectivity index (χ2n) is 7.35. The van der Waals surface area contributed by atoms with Crippen LogP contribution < -0.4 is 10.1 Å². The Bertz CT molecular complexity index is 671. The summed E-state index contributed by atoms with van der Waals surface area (Å²) in [6.45, 7) is 0. The lowest BCUT2D eigenvalue weighted by Crippen LogP contribution is -2.52. The van der Waals surface area contributed by atoms with Crippen molar-refractivity contribution in [2.75, 3.05) is 28.3 Å². The Kier molecular flexibility index (Phi) is 5.16. The van der Waals surface area contributed by atoms with Gasteiger partial charge in [0.05, 0.1) is 7.11 Å². The Labute approximate surface area is 152 Å². The van der Waals surface area contributed by atoms with Crippen molar-refractivity contribution in [2.24, 2.45) is 0 Å². The predicted octanol–water partition coefficient (Wildman–Crippen LogP) is 4.14. The lowest BCUT2D eigenvalue weighted by Gasteiger charge is -2.50. The van der Waals surface area contributed by atoms with E-state index in [1.165, 1.54) is 11.1 Å². The van der Waals surface area contributed by atoms with Crippen molar-refractivity contribution in [1.29, 1.82) is 0 Å². The first kappa shape index (κ1) is 18.0. The van der Waals surface area contributed by atoms with E-state index >= 15 is 0 Å². The van der Waals surface area contributed by atoms with Crippen molar-refractivity contribution in [3.8, 4) is 5.75 Å². The molecule has 2 aromatic carbocycles. The summed E-state index contributed by atoms with van der Waals surface area (Å²) in [5.41, 5.74) is 2.95. The molecular formula is C22H30N2O. The van der Waals surface area contributed by atoms with Gasteiger partial charge in [0, 0.05) is 11.1 Å². The van der Waals surface area contributed by atoms with Crippen LogP contribution in [0.25, 0.3) is 0 Å². The first-order valence-corrected chi connectivity index (χ1v) is 9.13. The van der Waals surface area contributed by atoms with Gasteiger partial charge in [-0.15, -0.1) is 0 Å². The SMILES string of the molecule is CNC1(c2ccccc2)CCC(c2ccc(OC)cc2)(N(C)C)CC1. The smallest absolute Gasteiger partial charge is 0.118 e. The van der Waals surface area contributed by atoms with Gasteiger partial charge in [-0.25, -0.2) is 0 Å². The van der Waals surface area contributed by atoms with E-state index in [4.69, 9.17) is 4.74 Å². The number of rotatable bonds is 5. The van der Waals surface area contributed by atoms with Crippen molar-refractivity contribution in [3.63, 3.8) is 0 Å². The molecule has 0 spiro atoms. The molecule has 0 amide bonds. The summed E-state index contributed by atoms with van der Waals surface area (Å²) in [6.07, 6.45) is 4.50. The summed E-state index contributed by atoms with van der Waals surface area (Å²) in [5.74, 6) is 0.919. The minimum Gasteiger partial charge on any atom is -0.497 e. The molecule has 1 saturated carbocycles. The van der Waals surface area contributed by atoms with Crippen LogP contribution in [0.3, 0.4) is 0 Å². The quantitative estimate of drug-likeness (QED) is 0.887. The molecule has 1 fully saturated rings. The molecule has 0 heterocycles. The van der Waals surface area contributed by atoms with Gasteiger partial charge in [0.2, 0.25) is 0 Å². The summed E-state index contributed by atoms with van der Waals surface area (Å²) in [4.78, 5) is 2.40. The highest BCUT2D eigenvalue weighted by molar-refractivity contribution is 5.34. The van der Waals surface area contributed by atoms with Gasteiger partial charge in [-0.05, 0) is 70.1 Å². The summed E-state index contributed by atoms with van der Waals surface area (Å²) < 4.78 is 5.33.